The molecule has 0 aromatic heterocycles. The minimum absolute atomic E-state index is 0.0616. The minimum atomic E-state index is -1.12. The van der Waals surface area contributed by atoms with Crippen LogP contribution in [0.2, 0.25) is 0 Å². The quantitative estimate of drug-likeness (QED) is 0.177. The van der Waals surface area contributed by atoms with Crippen LogP contribution in [-0.2, 0) is 15.3 Å². The van der Waals surface area contributed by atoms with Crippen LogP contribution in [-0.4, -0.2) is 23.5 Å². The van der Waals surface area contributed by atoms with Crippen molar-refractivity contribution in [3.63, 3.8) is 0 Å². The fourth-order valence-corrected chi connectivity index (χ4v) is 5.03. The van der Waals surface area contributed by atoms with Crippen LogP contribution in [0.4, 0.5) is 0 Å². The van der Waals surface area contributed by atoms with Gasteiger partial charge in [0.2, 0.25) is 0 Å². The maximum atomic E-state index is 12.9. The normalized spacial score (nSPS) is 11.3. The molecular weight excluding hydrogens is 452 g/mol. The lowest BCUT2D eigenvalue weighted by Crippen LogP contribution is -2.40. The van der Waals surface area contributed by atoms with Gasteiger partial charge in [0, 0.05) is 21.8 Å². The lowest BCUT2D eigenvalue weighted by Gasteiger charge is -2.25. The predicted molar refractivity (Wildman–Crippen MR) is 136 cm³/mol. The highest BCUT2D eigenvalue weighted by atomic mass is 33.1. The van der Waals surface area contributed by atoms with Crippen molar-refractivity contribution in [2.75, 3.05) is 0 Å². The van der Waals surface area contributed by atoms with Crippen LogP contribution in [0, 0.1) is 0 Å². The first kappa shape index (κ1) is 24.9. The van der Waals surface area contributed by atoms with Gasteiger partial charge in [-0.05, 0) is 81.8 Å². The largest absolute Gasteiger partial charge is 0.476 e. The minimum Gasteiger partial charge on any atom is -0.476 e. The SMILES string of the molecule is CC(C)OC(=O)C(C)(C)Oc1ccc(C(=O)c2ccc(SSCc3ccccc3)cc2)cc1. The average Bonchev–Trinajstić information content (AvgIpc) is 2.80. The number of carbonyl (C=O) groups is 2. The van der Waals surface area contributed by atoms with Gasteiger partial charge in [-0.15, -0.1) is 0 Å². The fraction of sp³-hybridized carbons (Fsp3) is 0.259. The Morgan fingerprint density at radius 1 is 0.848 bits per heavy atom. The standard InChI is InChI=1S/C27H28O4S2/c1-19(2)30-26(29)27(3,4)31-23-14-10-21(11-15-23)25(28)22-12-16-24(17-13-22)33-32-18-20-8-6-5-7-9-20/h5-17,19H,18H2,1-4H3. The second kappa shape index (κ2) is 11.4. The van der Waals surface area contributed by atoms with Gasteiger partial charge in [0.15, 0.2) is 11.4 Å². The molecule has 0 bridgehead atoms. The summed E-state index contributed by atoms with van der Waals surface area (Å²) in [7, 11) is 3.46. The van der Waals surface area contributed by atoms with Gasteiger partial charge in [0.25, 0.3) is 0 Å². The second-order valence-electron chi connectivity index (χ2n) is 8.28. The molecule has 4 nitrogen and oxygen atoms in total. The van der Waals surface area contributed by atoms with Crippen LogP contribution >= 0.6 is 21.6 Å². The van der Waals surface area contributed by atoms with Crippen LogP contribution in [0.25, 0.3) is 0 Å². The third-order valence-electron chi connectivity index (χ3n) is 4.66. The van der Waals surface area contributed by atoms with E-state index in [1.807, 2.05) is 42.5 Å². The van der Waals surface area contributed by atoms with Crippen molar-refractivity contribution < 1.29 is 19.1 Å². The van der Waals surface area contributed by atoms with Gasteiger partial charge in [-0.3, -0.25) is 4.79 Å². The molecule has 3 aromatic rings. The first-order chi connectivity index (χ1) is 15.7. The zero-order valence-corrected chi connectivity index (χ0v) is 20.9. The number of ketones is 1. The summed E-state index contributed by atoms with van der Waals surface area (Å²) in [5, 5.41) is 0. The lowest BCUT2D eigenvalue weighted by molar-refractivity contribution is -0.163. The predicted octanol–water partition coefficient (Wildman–Crippen LogP) is 6.97. The van der Waals surface area contributed by atoms with Crippen molar-refractivity contribution in [3.05, 3.63) is 95.6 Å². The molecule has 0 unspecified atom stereocenters. The Labute approximate surface area is 203 Å². The molecule has 0 aliphatic heterocycles. The van der Waals surface area contributed by atoms with Gasteiger partial charge >= 0.3 is 5.97 Å². The van der Waals surface area contributed by atoms with E-state index in [0.29, 0.717) is 16.9 Å². The lowest BCUT2D eigenvalue weighted by atomic mass is 10.0. The van der Waals surface area contributed by atoms with Crippen molar-refractivity contribution in [1.82, 2.24) is 0 Å². The van der Waals surface area contributed by atoms with Gasteiger partial charge in [-0.25, -0.2) is 4.79 Å². The Morgan fingerprint density at radius 2 is 1.42 bits per heavy atom. The Balaban J connectivity index is 1.56. The van der Waals surface area contributed by atoms with Gasteiger partial charge in [0.1, 0.15) is 5.75 Å². The molecule has 3 aromatic carbocycles. The first-order valence-corrected chi connectivity index (χ1v) is 13.0. The van der Waals surface area contributed by atoms with Gasteiger partial charge < -0.3 is 9.47 Å². The van der Waals surface area contributed by atoms with Crippen molar-refractivity contribution in [3.8, 4) is 5.75 Å². The number of ether oxygens (including phenoxy) is 2. The number of carbonyl (C=O) groups excluding carboxylic acids is 2. The van der Waals surface area contributed by atoms with Crippen LogP contribution in [0.5, 0.6) is 5.75 Å². The third-order valence-corrected chi connectivity index (χ3v) is 6.98. The Hall–Kier alpha value is -2.70. The molecule has 0 fully saturated rings. The molecule has 0 saturated heterocycles. The van der Waals surface area contributed by atoms with Gasteiger partial charge in [-0.1, -0.05) is 51.9 Å². The molecule has 0 radical (unpaired) electrons. The number of hydrogen-bond acceptors (Lipinski definition) is 6. The van der Waals surface area contributed by atoms with Crippen molar-refractivity contribution in [1.29, 1.82) is 0 Å². The monoisotopic (exact) mass is 480 g/mol. The zero-order valence-electron chi connectivity index (χ0n) is 19.2. The fourth-order valence-electron chi connectivity index (χ4n) is 2.93. The maximum absolute atomic E-state index is 12.9. The molecule has 172 valence electrons. The van der Waals surface area contributed by atoms with E-state index in [9.17, 15) is 9.59 Å². The molecule has 0 N–H and O–H groups in total. The highest BCUT2D eigenvalue weighted by Crippen LogP contribution is 2.34. The van der Waals surface area contributed by atoms with E-state index >= 15 is 0 Å². The molecule has 0 heterocycles. The summed E-state index contributed by atoms with van der Waals surface area (Å²) >= 11 is 0. The van der Waals surface area contributed by atoms with E-state index in [4.69, 9.17) is 9.47 Å². The van der Waals surface area contributed by atoms with Crippen LogP contribution in [0.15, 0.2) is 83.8 Å². The van der Waals surface area contributed by atoms with Crippen molar-refractivity contribution in [2.24, 2.45) is 0 Å². The molecule has 0 aliphatic carbocycles. The summed E-state index contributed by atoms with van der Waals surface area (Å²) in [6.07, 6.45) is -0.215. The Kier molecular flexibility index (Phi) is 8.64. The average molecular weight is 481 g/mol. The number of esters is 1. The van der Waals surface area contributed by atoms with E-state index < -0.39 is 11.6 Å². The van der Waals surface area contributed by atoms with Gasteiger partial charge in [0.05, 0.1) is 6.10 Å². The molecule has 33 heavy (non-hydrogen) atoms. The van der Waals surface area contributed by atoms with E-state index in [1.54, 1.807) is 73.5 Å². The summed E-state index contributed by atoms with van der Waals surface area (Å²) in [5.74, 6) is 0.928. The molecule has 0 amide bonds. The molecule has 6 heteroatoms. The van der Waals surface area contributed by atoms with E-state index in [1.165, 1.54) is 5.56 Å². The Morgan fingerprint density at radius 3 is 2.00 bits per heavy atom. The molecular formula is C27H28O4S2. The van der Waals surface area contributed by atoms with Crippen LogP contribution in [0.3, 0.4) is 0 Å². The summed E-state index contributed by atoms with van der Waals surface area (Å²) in [4.78, 5) is 26.2. The second-order valence-corrected chi connectivity index (χ2v) is 10.6. The van der Waals surface area contributed by atoms with E-state index in [2.05, 4.69) is 12.1 Å². The van der Waals surface area contributed by atoms with Crippen molar-refractivity contribution in [2.45, 2.75) is 50.0 Å². The highest BCUT2D eigenvalue weighted by molar-refractivity contribution is 8.76. The maximum Gasteiger partial charge on any atom is 0.350 e. The number of rotatable bonds is 10. The topological polar surface area (TPSA) is 52.6 Å². The molecule has 0 atom stereocenters. The molecule has 3 rings (SSSR count). The van der Waals surface area contributed by atoms with Gasteiger partial charge in [-0.2, -0.15) is 0 Å². The summed E-state index contributed by atoms with van der Waals surface area (Å²) in [6.45, 7) is 6.91. The first-order valence-electron chi connectivity index (χ1n) is 10.7. The van der Waals surface area contributed by atoms with E-state index in [0.717, 1.165) is 10.6 Å². The molecule has 0 saturated carbocycles. The molecule has 0 aliphatic rings. The highest BCUT2D eigenvalue weighted by Gasteiger charge is 2.32. The summed E-state index contributed by atoms with van der Waals surface area (Å²) in [5.41, 5.74) is 1.35. The smallest absolute Gasteiger partial charge is 0.350 e. The van der Waals surface area contributed by atoms with E-state index in [-0.39, 0.29) is 11.9 Å². The summed E-state index contributed by atoms with van der Waals surface area (Å²) in [6, 6.07) is 24.8. The number of hydrogen-bond donors (Lipinski definition) is 0. The zero-order chi connectivity index (χ0) is 23.8. The van der Waals surface area contributed by atoms with Crippen molar-refractivity contribution >= 4 is 33.3 Å². The third kappa shape index (κ3) is 7.41. The Bertz CT molecular complexity index is 1060. The van der Waals surface area contributed by atoms with Crippen LogP contribution < -0.4 is 4.74 Å². The summed E-state index contributed by atoms with van der Waals surface area (Å²) < 4.78 is 11.0. The molecule has 0 spiro atoms. The number of benzene rings is 3. The van der Waals surface area contributed by atoms with Crippen LogP contribution in [0.1, 0.15) is 49.2 Å².